The predicted octanol–water partition coefficient (Wildman–Crippen LogP) is 4.03. The van der Waals surface area contributed by atoms with Crippen LogP contribution in [0.1, 0.15) is 21.7 Å². The molecular formula is C20H17BrFN3O2. The second kappa shape index (κ2) is 7.44. The van der Waals surface area contributed by atoms with Crippen molar-refractivity contribution in [3.8, 4) is 5.69 Å². The molecular weight excluding hydrogens is 413 g/mol. The lowest BCUT2D eigenvalue weighted by molar-refractivity contribution is 0.0985. The van der Waals surface area contributed by atoms with E-state index in [2.05, 4.69) is 21.0 Å². The molecule has 0 aliphatic heterocycles. The number of para-hydroxylation sites is 1. The summed E-state index contributed by atoms with van der Waals surface area (Å²) in [6.07, 6.45) is 0. The zero-order valence-electron chi connectivity index (χ0n) is 15.0. The summed E-state index contributed by atoms with van der Waals surface area (Å²) in [6.45, 7) is 3.50. The van der Waals surface area contributed by atoms with Crippen molar-refractivity contribution < 1.29 is 9.18 Å². The van der Waals surface area contributed by atoms with Crippen molar-refractivity contribution in [2.75, 3.05) is 11.9 Å². The molecule has 3 rings (SSSR count). The molecule has 1 heterocycles. The van der Waals surface area contributed by atoms with Crippen LogP contribution in [0.4, 0.5) is 10.1 Å². The fraction of sp³-hybridized carbons (Fsp3) is 0.150. The van der Waals surface area contributed by atoms with Gasteiger partial charge in [0, 0.05) is 29.0 Å². The Hall–Kier alpha value is -2.80. The molecule has 3 aromatic rings. The lowest BCUT2D eigenvalue weighted by Crippen LogP contribution is -2.34. The van der Waals surface area contributed by atoms with Crippen LogP contribution in [-0.4, -0.2) is 22.7 Å². The summed E-state index contributed by atoms with van der Waals surface area (Å²) < 4.78 is 16.3. The number of halogens is 2. The normalized spacial score (nSPS) is 10.7. The number of carbonyl (C=O) groups is 1. The van der Waals surface area contributed by atoms with Gasteiger partial charge in [0.05, 0.1) is 0 Å². The largest absolute Gasteiger partial charge is 0.310 e. The van der Waals surface area contributed by atoms with E-state index in [0.29, 0.717) is 11.4 Å². The Labute approximate surface area is 164 Å². The van der Waals surface area contributed by atoms with Crippen LogP contribution in [0.25, 0.3) is 5.69 Å². The van der Waals surface area contributed by atoms with E-state index in [1.165, 1.54) is 27.8 Å². The Bertz CT molecular complexity index is 1090. The maximum absolute atomic E-state index is 14.2. The van der Waals surface area contributed by atoms with Gasteiger partial charge < -0.3 is 4.90 Å². The first kappa shape index (κ1) is 19.0. The summed E-state index contributed by atoms with van der Waals surface area (Å²) in [5.74, 6) is -1.05. The smallest absolute Gasteiger partial charge is 0.282 e. The van der Waals surface area contributed by atoms with Gasteiger partial charge in [0.15, 0.2) is 5.69 Å². The van der Waals surface area contributed by atoms with Gasteiger partial charge in [-0.3, -0.25) is 9.59 Å². The Morgan fingerprint density at radius 2 is 1.85 bits per heavy atom. The number of hydrogen-bond acceptors (Lipinski definition) is 3. The maximum atomic E-state index is 14.2. The Morgan fingerprint density at radius 1 is 1.15 bits per heavy atom. The predicted molar refractivity (Wildman–Crippen MR) is 106 cm³/mol. The number of anilines is 1. The van der Waals surface area contributed by atoms with Crippen LogP contribution in [0.15, 0.2) is 57.8 Å². The molecule has 0 aliphatic carbocycles. The molecule has 0 atom stereocenters. The van der Waals surface area contributed by atoms with Crippen LogP contribution < -0.4 is 10.3 Å². The SMILES string of the molecule is Cc1cc(Br)ccc1N(C)C(=O)c1nn(-c2ccccc2F)c(C)cc1=O. The van der Waals surface area contributed by atoms with Crippen LogP contribution in [0, 0.1) is 19.7 Å². The molecule has 0 saturated carbocycles. The first-order valence-corrected chi connectivity index (χ1v) is 8.99. The second-order valence-corrected chi connectivity index (χ2v) is 7.07. The van der Waals surface area contributed by atoms with Gasteiger partial charge in [-0.15, -0.1) is 0 Å². The van der Waals surface area contributed by atoms with E-state index in [0.717, 1.165) is 10.0 Å². The number of benzene rings is 2. The third-order valence-electron chi connectivity index (χ3n) is 4.22. The molecule has 0 radical (unpaired) electrons. The number of aromatic nitrogens is 2. The number of hydrogen-bond donors (Lipinski definition) is 0. The highest BCUT2D eigenvalue weighted by atomic mass is 79.9. The number of aryl methyl sites for hydroxylation is 2. The summed E-state index contributed by atoms with van der Waals surface area (Å²) in [4.78, 5) is 26.7. The van der Waals surface area contributed by atoms with E-state index >= 15 is 0 Å². The summed E-state index contributed by atoms with van der Waals surface area (Å²) in [5, 5.41) is 4.16. The van der Waals surface area contributed by atoms with E-state index in [1.807, 2.05) is 19.1 Å². The molecule has 2 aromatic carbocycles. The summed E-state index contributed by atoms with van der Waals surface area (Å²) >= 11 is 3.38. The van der Waals surface area contributed by atoms with E-state index < -0.39 is 17.2 Å². The van der Waals surface area contributed by atoms with Gasteiger partial charge in [-0.1, -0.05) is 28.1 Å². The Morgan fingerprint density at radius 3 is 2.52 bits per heavy atom. The number of nitrogens with zero attached hydrogens (tertiary/aromatic N) is 3. The molecule has 1 aromatic heterocycles. The molecule has 0 bridgehead atoms. The molecule has 0 aliphatic rings. The van der Waals surface area contributed by atoms with Gasteiger partial charge in [0.25, 0.3) is 5.91 Å². The van der Waals surface area contributed by atoms with Crippen LogP contribution in [-0.2, 0) is 0 Å². The molecule has 0 fully saturated rings. The summed E-state index contributed by atoms with van der Waals surface area (Å²) in [5.41, 5.74) is 1.35. The molecule has 1 amide bonds. The first-order chi connectivity index (χ1) is 12.8. The first-order valence-electron chi connectivity index (χ1n) is 8.19. The number of amides is 1. The summed E-state index contributed by atoms with van der Waals surface area (Å²) in [7, 11) is 1.58. The van der Waals surface area contributed by atoms with E-state index in [1.54, 1.807) is 32.2 Å². The topological polar surface area (TPSA) is 55.2 Å². The molecule has 5 nitrogen and oxygen atoms in total. The van der Waals surface area contributed by atoms with Crippen molar-refractivity contribution in [3.05, 3.63) is 86.0 Å². The zero-order chi connectivity index (χ0) is 19.7. The van der Waals surface area contributed by atoms with Crippen LogP contribution in [0.3, 0.4) is 0 Å². The number of carbonyl (C=O) groups excluding carboxylic acids is 1. The fourth-order valence-corrected chi connectivity index (χ4v) is 3.30. The zero-order valence-corrected chi connectivity index (χ0v) is 16.6. The van der Waals surface area contributed by atoms with Crippen molar-refractivity contribution in [2.45, 2.75) is 13.8 Å². The summed E-state index contributed by atoms with van der Waals surface area (Å²) in [6, 6.07) is 12.8. The van der Waals surface area contributed by atoms with E-state index in [4.69, 9.17) is 0 Å². The van der Waals surface area contributed by atoms with Crippen molar-refractivity contribution >= 4 is 27.5 Å². The minimum absolute atomic E-state index is 0.173. The Kier molecular flexibility index (Phi) is 5.23. The second-order valence-electron chi connectivity index (χ2n) is 6.16. The fourth-order valence-electron chi connectivity index (χ4n) is 2.83. The van der Waals surface area contributed by atoms with Crippen molar-refractivity contribution in [1.29, 1.82) is 0 Å². The van der Waals surface area contributed by atoms with Crippen LogP contribution >= 0.6 is 15.9 Å². The van der Waals surface area contributed by atoms with Gasteiger partial charge in [-0.2, -0.15) is 5.10 Å². The van der Waals surface area contributed by atoms with Gasteiger partial charge in [-0.25, -0.2) is 9.07 Å². The highest BCUT2D eigenvalue weighted by molar-refractivity contribution is 9.10. The molecule has 7 heteroatoms. The molecule has 0 N–H and O–H groups in total. The van der Waals surface area contributed by atoms with Gasteiger partial charge in [0.1, 0.15) is 11.5 Å². The van der Waals surface area contributed by atoms with Gasteiger partial charge in [0.2, 0.25) is 5.43 Å². The molecule has 138 valence electrons. The van der Waals surface area contributed by atoms with Crippen LogP contribution in [0.2, 0.25) is 0 Å². The van der Waals surface area contributed by atoms with E-state index in [9.17, 15) is 14.0 Å². The van der Waals surface area contributed by atoms with Crippen molar-refractivity contribution in [1.82, 2.24) is 9.78 Å². The highest BCUT2D eigenvalue weighted by Gasteiger charge is 2.22. The monoisotopic (exact) mass is 429 g/mol. The lowest BCUT2D eigenvalue weighted by atomic mass is 10.1. The van der Waals surface area contributed by atoms with Crippen molar-refractivity contribution in [3.63, 3.8) is 0 Å². The third-order valence-corrected chi connectivity index (χ3v) is 4.71. The Balaban J connectivity index is 2.09. The molecule has 0 spiro atoms. The molecule has 0 unspecified atom stereocenters. The maximum Gasteiger partial charge on any atom is 0.282 e. The average Bonchev–Trinajstić information content (AvgIpc) is 2.62. The third kappa shape index (κ3) is 3.68. The lowest BCUT2D eigenvalue weighted by Gasteiger charge is -2.20. The van der Waals surface area contributed by atoms with Gasteiger partial charge in [-0.05, 0) is 49.7 Å². The van der Waals surface area contributed by atoms with Gasteiger partial charge >= 0.3 is 0 Å². The van der Waals surface area contributed by atoms with Crippen molar-refractivity contribution in [2.24, 2.45) is 0 Å². The highest BCUT2D eigenvalue weighted by Crippen LogP contribution is 2.24. The standard InChI is InChI=1S/C20H17BrFN3O2/c1-12-10-14(21)8-9-16(12)24(3)20(27)19-18(26)11-13(2)25(23-19)17-7-5-4-6-15(17)22/h4-11H,1-3H3. The van der Waals surface area contributed by atoms with Crippen LogP contribution in [0.5, 0.6) is 0 Å². The minimum atomic E-state index is -0.560. The van der Waals surface area contributed by atoms with E-state index in [-0.39, 0.29) is 11.4 Å². The minimum Gasteiger partial charge on any atom is -0.310 e. The quantitative estimate of drug-likeness (QED) is 0.631. The average molecular weight is 430 g/mol. The molecule has 27 heavy (non-hydrogen) atoms. The number of rotatable bonds is 3. The molecule has 0 saturated heterocycles.